The SMILES string of the molecule is COc1ccc(-c2nc(C3CNCCN3C)no2)cc1S(=O)(=O)NC1CC1.Cl. The lowest BCUT2D eigenvalue weighted by molar-refractivity contribution is 0.190. The third-order valence-corrected chi connectivity index (χ3v) is 6.39. The summed E-state index contributed by atoms with van der Waals surface area (Å²) in [6.07, 6.45) is 1.72. The summed E-state index contributed by atoms with van der Waals surface area (Å²) in [5, 5.41) is 7.41. The second kappa shape index (κ2) is 8.34. The van der Waals surface area contributed by atoms with Gasteiger partial charge in [0.1, 0.15) is 10.6 Å². The van der Waals surface area contributed by atoms with Gasteiger partial charge in [0.25, 0.3) is 5.89 Å². The van der Waals surface area contributed by atoms with Gasteiger partial charge in [0, 0.05) is 31.2 Å². The number of nitrogens with one attached hydrogen (secondary N) is 2. The van der Waals surface area contributed by atoms with Gasteiger partial charge >= 0.3 is 0 Å². The number of methoxy groups -OCH3 is 1. The van der Waals surface area contributed by atoms with Crippen molar-refractivity contribution in [2.24, 2.45) is 0 Å². The Morgan fingerprint density at radius 1 is 1.36 bits per heavy atom. The van der Waals surface area contributed by atoms with E-state index in [0.717, 1.165) is 32.5 Å². The minimum absolute atomic E-state index is 0. The monoisotopic (exact) mass is 429 g/mol. The van der Waals surface area contributed by atoms with Gasteiger partial charge in [-0.05, 0) is 38.1 Å². The molecule has 11 heteroatoms. The van der Waals surface area contributed by atoms with Gasteiger partial charge in [0.15, 0.2) is 5.82 Å². The van der Waals surface area contributed by atoms with E-state index in [0.29, 0.717) is 11.4 Å². The van der Waals surface area contributed by atoms with Crippen LogP contribution in [0.15, 0.2) is 27.6 Å². The molecule has 1 saturated carbocycles. The van der Waals surface area contributed by atoms with Gasteiger partial charge in [-0.25, -0.2) is 13.1 Å². The molecule has 1 atom stereocenters. The Bertz CT molecular complexity index is 931. The average Bonchev–Trinajstić information content (AvgIpc) is 3.32. The fourth-order valence-electron chi connectivity index (χ4n) is 3.09. The standard InChI is InChI=1S/C17H23N5O4S.ClH/c1-22-8-7-18-10-13(22)16-19-17(26-20-16)11-3-6-14(25-2)15(9-11)27(23,24)21-12-4-5-12;/h3,6,9,12-13,18,21H,4-5,7-8,10H2,1-2H3;1H. The van der Waals surface area contributed by atoms with Crippen molar-refractivity contribution in [1.82, 2.24) is 25.1 Å². The molecule has 2 fully saturated rings. The van der Waals surface area contributed by atoms with Crippen LogP contribution in [0.2, 0.25) is 0 Å². The zero-order valence-electron chi connectivity index (χ0n) is 15.7. The van der Waals surface area contributed by atoms with Crippen LogP contribution in [0, 0.1) is 0 Å². The first-order chi connectivity index (χ1) is 13.0. The van der Waals surface area contributed by atoms with E-state index in [9.17, 15) is 8.42 Å². The number of ether oxygens (including phenoxy) is 1. The molecular weight excluding hydrogens is 406 g/mol. The van der Waals surface area contributed by atoms with Crippen LogP contribution in [0.1, 0.15) is 24.7 Å². The zero-order chi connectivity index (χ0) is 19.0. The number of nitrogens with zero attached hydrogens (tertiary/aromatic N) is 3. The molecule has 1 saturated heterocycles. The van der Waals surface area contributed by atoms with Crippen molar-refractivity contribution >= 4 is 22.4 Å². The van der Waals surface area contributed by atoms with Crippen LogP contribution in [0.4, 0.5) is 0 Å². The highest BCUT2D eigenvalue weighted by molar-refractivity contribution is 7.89. The van der Waals surface area contributed by atoms with Gasteiger partial charge in [-0.3, -0.25) is 4.90 Å². The summed E-state index contributed by atoms with van der Waals surface area (Å²) in [4.78, 5) is 6.73. The highest BCUT2D eigenvalue weighted by Crippen LogP contribution is 2.32. The van der Waals surface area contributed by atoms with Crippen molar-refractivity contribution in [3.63, 3.8) is 0 Å². The molecule has 1 aliphatic heterocycles. The molecule has 0 bridgehead atoms. The molecule has 0 amide bonds. The summed E-state index contributed by atoms with van der Waals surface area (Å²) >= 11 is 0. The molecule has 1 aromatic carbocycles. The molecule has 2 aromatic rings. The smallest absolute Gasteiger partial charge is 0.258 e. The molecule has 1 aromatic heterocycles. The molecule has 2 N–H and O–H groups in total. The van der Waals surface area contributed by atoms with Crippen LogP contribution in [-0.4, -0.2) is 63.3 Å². The molecule has 4 rings (SSSR count). The highest BCUT2D eigenvalue weighted by atomic mass is 35.5. The minimum Gasteiger partial charge on any atom is -0.495 e. The molecule has 154 valence electrons. The number of halogens is 1. The van der Waals surface area contributed by atoms with Crippen LogP contribution >= 0.6 is 12.4 Å². The van der Waals surface area contributed by atoms with Crippen molar-refractivity contribution in [2.75, 3.05) is 33.8 Å². The van der Waals surface area contributed by atoms with E-state index in [1.165, 1.54) is 13.2 Å². The predicted octanol–water partition coefficient (Wildman–Crippen LogP) is 1.18. The Hall–Kier alpha value is -1.72. The first-order valence-corrected chi connectivity index (χ1v) is 10.4. The maximum Gasteiger partial charge on any atom is 0.258 e. The lowest BCUT2D eigenvalue weighted by Gasteiger charge is -2.30. The fourth-order valence-corrected chi connectivity index (χ4v) is 4.59. The quantitative estimate of drug-likeness (QED) is 0.704. The van der Waals surface area contributed by atoms with Crippen LogP contribution in [0.25, 0.3) is 11.5 Å². The minimum atomic E-state index is -3.68. The Labute approximate surface area is 170 Å². The Morgan fingerprint density at radius 3 is 2.82 bits per heavy atom. The lowest BCUT2D eigenvalue weighted by Crippen LogP contribution is -2.44. The van der Waals surface area contributed by atoms with Crippen molar-refractivity contribution in [2.45, 2.75) is 29.8 Å². The number of hydrogen-bond donors (Lipinski definition) is 2. The first-order valence-electron chi connectivity index (χ1n) is 8.93. The molecular formula is C17H24ClN5O4S. The Morgan fingerprint density at radius 2 is 2.14 bits per heavy atom. The molecule has 0 radical (unpaired) electrons. The number of sulfonamides is 1. The third-order valence-electron chi connectivity index (χ3n) is 4.85. The first kappa shape index (κ1) is 21.0. The van der Waals surface area contributed by atoms with E-state index in [1.807, 2.05) is 7.05 Å². The topological polar surface area (TPSA) is 110 Å². The van der Waals surface area contributed by atoms with E-state index in [1.54, 1.807) is 12.1 Å². The maximum absolute atomic E-state index is 12.7. The van der Waals surface area contributed by atoms with Gasteiger partial charge < -0.3 is 14.6 Å². The molecule has 1 aliphatic carbocycles. The summed E-state index contributed by atoms with van der Waals surface area (Å²) in [6, 6.07) is 4.87. The van der Waals surface area contributed by atoms with Crippen LogP contribution in [0.5, 0.6) is 5.75 Å². The van der Waals surface area contributed by atoms with Gasteiger partial charge in [0.05, 0.1) is 13.2 Å². The second-order valence-electron chi connectivity index (χ2n) is 6.92. The van der Waals surface area contributed by atoms with Gasteiger partial charge in [0.2, 0.25) is 10.0 Å². The molecule has 9 nitrogen and oxygen atoms in total. The Balaban J connectivity index is 0.00000225. The molecule has 2 aliphatic rings. The highest BCUT2D eigenvalue weighted by Gasteiger charge is 2.31. The molecule has 1 unspecified atom stereocenters. The summed E-state index contributed by atoms with van der Waals surface area (Å²) in [5.41, 5.74) is 0.539. The van der Waals surface area contributed by atoms with Gasteiger partial charge in [-0.15, -0.1) is 12.4 Å². The number of rotatable bonds is 6. The molecule has 2 heterocycles. The largest absolute Gasteiger partial charge is 0.495 e. The summed E-state index contributed by atoms with van der Waals surface area (Å²) < 4.78 is 38.7. The molecule has 0 spiro atoms. The van der Waals surface area contributed by atoms with Gasteiger partial charge in [-0.1, -0.05) is 5.16 Å². The van der Waals surface area contributed by atoms with Crippen molar-refractivity contribution in [3.8, 4) is 17.2 Å². The van der Waals surface area contributed by atoms with Crippen molar-refractivity contribution in [1.29, 1.82) is 0 Å². The van der Waals surface area contributed by atoms with E-state index >= 15 is 0 Å². The maximum atomic E-state index is 12.7. The number of benzene rings is 1. The van der Waals surface area contributed by atoms with Crippen molar-refractivity contribution < 1.29 is 17.7 Å². The number of hydrogen-bond acceptors (Lipinski definition) is 8. The number of likely N-dealkylation sites (N-methyl/N-ethyl adjacent to an activating group) is 1. The van der Waals surface area contributed by atoms with Crippen LogP contribution in [0.3, 0.4) is 0 Å². The van der Waals surface area contributed by atoms with Crippen molar-refractivity contribution in [3.05, 3.63) is 24.0 Å². The molecule has 28 heavy (non-hydrogen) atoms. The summed E-state index contributed by atoms with van der Waals surface area (Å²) in [6.45, 7) is 2.56. The summed E-state index contributed by atoms with van der Waals surface area (Å²) in [7, 11) is -0.213. The zero-order valence-corrected chi connectivity index (χ0v) is 17.3. The normalized spacial score (nSPS) is 20.6. The van der Waals surface area contributed by atoms with Gasteiger partial charge in [-0.2, -0.15) is 4.98 Å². The average molecular weight is 430 g/mol. The lowest BCUT2D eigenvalue weighted by atomic mass is 10.2. The predicted molar refractivity (Wildman–Crippen MR) is 105 cm³/mol. The van der Waals surface area contributed by atoms with E-state index < -0.39 is 10.0 Å². The van der Waals surface area contributed by atoms with E-state index in [2.05, 4.69) is 25.1 Å². The van der Waals surface area contributed by atoms with E-state index in [4.69, 9.17) is 9.26 Å². The number of piperazine rings is 1. The second-order valence-corrected chi connectivity index (χ2v) is 8.60. The summed E-state index contributed by atoms with van der Waals surface area (Å²) in [5.74, 6) is 1.15. The Kier molecular flexibility index (Phi) is 6.25. The van der Waals surface area contributed by atoms with Crippen LogP contribution < -0.4 is 14.8 Å². The third kappa shape index (κ3) is 4.31. The van der Waals surface area contributed by atoms with E-state index in [-0.39, 0.29) is 41.0 Å². The number of aromatic nitrogens is 2. The van der Waals surface area contributed by atoms with Crippen LogP contribution in [-0.2, 0) is 10.0 Å². The fraction of sp³-hybridized carbons (Fsp3) is 0.529.